The summed E-state index contributed by atoms with van der Waals surface area (Å²) in [4.78, 5) is 33.1. The molecule has 0 saturated carbocycles. The van der Waals surface area contributed by atoms with Crippen LogP contribution in [0.1, 0.15) is 29.6 Å². The van der Waals surface area contributed by atoms with Crippen LogP contribution in [-0.4, -0.2) is 43.7 Å². The van der Waals surface area contributed by atoms with Crippen molar-refractivity contribution in [2.24, 2.45) is 5.73 Å². The number of nitrogens with one attached hydrogen (secondary N) is 1. The molecule has 0 spiro atoms. The van der Waals surface area contributed by atoms with Gasteiger partial charge < -0.3 is 20.5 Å². The molecule has 0 aromatic heterocycles. The summed E-state index contributed by atoms with van der Waals surface area (Å²) in [6.45, 7) is 0.510. The number of benzene rings is 1. The number of non-ortho nitro benzene ring substituents is 1. The van der Waals surface area contributed by atoms with Crippen LogP contribution in [0.15, 0.2) is 18.2 Å². The average molecular weight is 339 g/mol. The molecule has 0 aliphatic heterocycles. The lowest BCUT2D eigenvalue weighted by Crippen LogP contribution is -2.31. The van der Waals surface area contributed by atoms with Crippen LogP contribution in [0.3, 0.4) is 0 Å². The molecular formula is C15H21N3O6. The lowest BCUT2D eigenvalue weighted by molar-refractivity contribution is -0.384. The van der Waals surface area contributed by atoms with Crippen LogP contribution in [0.25, 0.3) is 0 Å². The van der Waals surface area contributed by atoms with Crippen molar-refractivity contribution in [3.05, 3.63) is 33.9 Å². The van der Waals surface area contributed by atoms with E-state index >= 15 is 0 Å². The van der Waals surface area contributed by atoms with E-state index in [0.29, 0.717) is 31.5 Å². The van der Waals surface area contributed by atoms with Crippen molar-refractivity contribution in [3.63, 3.8) is 0 Å². The largest absolute Gasteiger partial charge is 0.468 e. The first-order valence-corrected chi connectivity index (χ1v) is 7.34. The fraction of sp³-hybridized carbons (Fsp3) is 0.467. The van der Waals surface area contributed by atoms with Crippen LogP contribution in [-0.2, 0) is 14.3 Å². The van der Waals surface area contributed by atoms with Gasteiger partial charge in [0.1, 0.15) is 6.04 Å². The molecule has 0 heterocycles. The summed E-state index contributed by atoms with van der Waals surface area (Å²) in [5.41, 5.74) is 5.98. The second kappa shape index (κ2) is 9.46. The third kappa shape index (κ3) is 5.51. The van der Waals surface area contributed by atoms with Crippen molar-refractivity contribution in [1.82, 2.24) is 0 Å². The van der Waals surface area contributed by atoms with E-state index in [9.17, 15) is 19.7 Å². The fourth-order valence-electron chi connectivity index (χ4n) is 2.06. The number of hydrogen-bond donors (Lipinski definition) is 2. The summed E-state index contributed by atoms with van der Waals surface area (Å²) in [5.74, 6) is -1.11. The standard InChI is InChI=1S/C15H21N3O6/c1-23-14(19)11-9-10(18(21)22)6-7-13(11)17-8-4-3-5-12(16)15(20)24-2/h6-7,9,12,17H,3-5,8,16H2,1-2H3/t12-/m0/s1. The summed E-state index contributed by atoms with van der Waals surface area (Å²) in [6, 6.07) is 3.29. The maximum Gasteiger partial charge on any atom is 0.340 e. The number of methoxy groups -OCH3 is 2. The average Bonchev–Trinajstić information content (AvgIpc) is 2.59. The highest BCUT2D eigenvalue weighted by Gasteiger charge is 2.17. The summed E-state index contributed by atoms with van der Waals surface area (Å²) >= 11 is 0. The maximum absolute atomic E-state index is 11.7. The SMILES string of the molecule is COC(=O)c1cc([N+](=O)[O-])ccc1NCCCC[C@H](N)C(=O)OC. The van der Waals surface area contributed by atoms with Gasteiger partial charge in [-0.25, -0.2) is 4.79 Å². The number of ether oxygens (including phenoxy) is 2. The Morgan fingerprint density at radius 1 is 1.29 bits per heavy atom. The van der Waals surface area contributed by atoms with E-state index in [1.807, 2.05) is 0 Å². The highest BCUT2D eigenvalue weighted by molar-refractivity contribution is 5.96. The number of anilines is 1. The van der Waals surface area contributed by atoms with Crippen LogP contribution in [0, 0.1) is 10.1 Å². The molecule has 1 atom stereocenters. The molecule has 9 nitrogen and oxygen atoms in total. The van der Waals surface area contributed by atoms with E-state index in [1.165, 1.54) is 32.4 Å². The Hall–Kier alpha value is -2.68. The predicted octanol–water partition coefficient (Wildman–Crippen LogP) is 1.46. The van der Waals surface area contributed by atoms with E-state index in [1.54, 1.807) is 0 Å². The number of rotatable bonds is 9. The number of carbonyl (C=O) groups is 2. The minimum atomic E-state index is -0.658. The van der Waals surface area contributed by atoms with Gasteiger partial charge in [-0.15, -0.1) is 0 Å². The lowest BCUT2D eigenvalue weighted by atomic mass is 10.1. The number of nitrogens with two attached hydrogens (primary N) is 1. The van der Waals surface area contributed by atoms with Gasteiger partial charge in [0.25, 0.3) is 5.69 Å². The molecule has 0 unspecified atom stereocenters. The molecule has 0 aliphatic carbocycles. The van der Waals surface area contributed by atoms with Crippen LogP contribution >= 0.6 is 0 Å². The summed E-state index contributed by atoms with van der Waals surface area (Å²) < 4.78 is 9.18. The molecule has 24 heavy (non-hydrogen) atoms. The highest BCUT2D eigenvalue weighted by atomic mass is 16.6. The molecule has 1 aromatic rings. The van der Waals surface area contributed by atoms with Crippen LogP contribution in [0.2, 0.25) is 0 Å². The van der Waals surface area contributed by atoms with Gasteiger partial charge >= 0.3 is 11.9 Å². The molecule has 0 fully saturated rings. The van der Waals surface area contributed by atoms with Gasteiger partial charge in [-0.05, 0) is 25.3 Å². The second-order valence-corrected chi connectivity index (χ2v) is 5.03. The number of hydrogen-bond acceptors (Lipinski definition) is 8. The lowest BCUT2D eigenvalue weighted by Gasteiger charge is -2.12. The molecule has 0 amide bonds. The first kappa shape index (κ1) is 19.4. The van der Waals surface area contributed by atoms with Crippen molar-refractivity contribution in [3.8, 4) is 0 Å². The van der Waals surface area contributed by atoms with E-state index in [0.717, 1.165) is 0 Å². The zero-order valence-corrected chi connectivity index (χ0v) is 13.6. The minimum absolute atomic E-state index is 0.0953. The molecule has 0 bridgehead atoms. The Morgan fingerprint density at radius 3 is 2.58 bits per heavy atom. The van der Waals surface area contributed by atoms with Gasteiger partial charge in [-0.2, -0.15) is 0 Å². The number of unbranched alkanes of at least 4 members (excludes halogenated alkanes) is 1. The van der Waals surface area contributed by atoms with Crippen molar-refractivity contribution in [1.29, 1.82) is 0 Å². The van der Waals surface area contributed by atoms with Gasteiger partial charge in [-0.3, -0.25) is 14.9 Å². The molecule has 9 heteroatoms. The highest BCUT2D eigenvalue weighted by Crippen LogP contribution is 2.23. The van der Waals surface area contributed by atoms with Crippen LogP contribution in [0.4, 0.5) is 11.4 Å². The molecule has 1 rings (SSSR count). The van der Waals surface area contributed by atoms with Crippen molar-refractivity contribution >= 4 is 23.3 Å². The van der Waals surface area contributed by atoms with Gasteiger partial charge in [0, 0.05) is 24.4 Å². The Bertz CT molecular complexity index is 605. The van der Waals surface area contributed by atoms with Crippen molar-refractivity contribution < 1.29 is 24.0 Å². The Kier molecular flexibility index (Phi) is 7.63. The minimum Gasteiger partial charge on any atom is -0.468 e. The number of nitrogens with zero attached hydrogens (tertiary/aromatic N) is 1. The summed E-state index contributed by atoms with van der Waals surface area (Å²) in [7, 11) is 2.49. The second-order valence-electron chi connectivity index (χ2n) is 5.03. The van der Waals surface area contributed by atoms with Gasteiger partial charge in [0.05, 0.1) is 24.7 Å². The van der Waals surface area contributed by atoms with E-state index in [2.05, 4.69) is 14.8 Å². The maximum atomic E-state index is 11.7. The molecule has 0 radical (unpaired) electrons. The zero-order chi connectivity index (χ0) is 18.1. The molecule has 1 aromatic carbocycles. The first-order chi connectivity index (χ1) is 11.4. The fourth-order valence-corrected chi connectivity index (χ4v) is 2.06. The van der Waals surface area contributed by atoms with Gasteiger partial charge in [-0.1, -0.05) is 0 Å². The summed E-state index contributed by atoms with van der Waals surface area (Å²) in [5, 5.41) is 13.8. The van der Waals surface area contributed by atoms with Gasteiger partial charge in [0.2, 0.25) is 0 Å². The Morgan fingerprint density at radius 2 is 2.00 bits per heavy atom. The van der Waals surface area contributed by atoms with Crippen molar-refractivity contribution in [2.75, 3.05) is 26.1 Å². The molecule has 0 aliphatic rings. The van der Waals surface area contributed by atoms with E-state index in [4.69, 9.17) is 5.73 Å². The van der Waals surface area contributed by atoms with Crippen LogP contribution in [0.5, 0.6) is 0 Å². The summed E-state index contributed by atoms with van der Waals surface area (Å²) in [6.07, 6.45) is 1.87. The molecule has 0 saturated heterocycles. The predicted molar refractivity (Wildman–Crippen MR) is 86.8 cm³/mol. The van der Waals surface area contributed by atoms with Crippen molar-refractivity contribution in [2.45, 2.75) is 25.3 Å². The monoisotopic (exact) mass is 339 g/mol. The third-order valence-electron chi connectivity index (χ3n) is 3.38. The van der Waals surface area contributed by atoms with E-state index in [-0.39, 0.29) is 11.3 Å². The Labute approximate surface area is 139 Å². The number of nitro benzene ring substituents is 1. The molecular weight excluding hydrogens is 318 g/mol. The normalized spacial score (nSPS) is 11.5. The number of nitro groups is 1. The quantitative estimate of drug-likeness (QED) is 0.299. The zero-order valence-electron chi connectivity index (χ0n) is 13.6. The third-order valence-corrected chi connectivity index (χ3v) is 3.38. The first-order valence-electron chi connectivity index (χ1n) is 7.34. The number of esters is 2. The van der Waals surface area contributed by atoms with Gasteiger partial charge in [0.15, 0.2) is 0 Å². The smallest absolute Gasteiger partial charge is 0.340 e. The molecule has 3 N–H and O–H groups in total. The molecule has 132 valence electrons. The Balaban J connectivity index is 2.60. The topological polar surface area (TPSA) is 134 Å². The van der Waals surface area contributed by atoms with Crippen LogP contribution < -0.4 is 11.1 Å². The number of carbonyl (C=O) groups excluding carboxylic acids is 2. The van der Waals surface area contributed by atoms with E-state index < -0.39 is 22.9 Å².